The Kier molecular flexibility index (Phi) is 6.01. The molecule has 29 heavy (non-hydrogen) atoms. The van der Waals surface area contributed by atoms with Gasteiger partial charge in [0.2, 0.25) is 12.5 Å². The summed E-state index contributed by atoms with van der Waals surface area (Å²) in [4.78, 5) is 0. The van der Waals surface area contributed by atoms with Gasteiger partial charge in [-0.2, -0.15) is 4.57 Å². The third-order valence-corrected chi connectivity index (χ3v) is 5.44. The molecule has 0 saturated carbocycles. The average Bonchev–Trinajstić information content (AvgIpc) is 3.23. The van der Waals surface area contributed by atoms with Gasteiger partial charge in [-0.25, -0.2) is 0 Å². The van der Waals surface area contributed by atoms with Crippen LogP contribution in [0.5, 0.6) is 23.0 Å². The lowest BCUT2D eigenvalue weighted by Gasteiger charge is -2.17. The molecule has 2 aromatic carbocycles. The first-order valence-corrected chi connectivity index (χ1v) is 11.2. The molecule has 7 heteroatoms. The fourth-order valence-corrected chi connectivity index (χ4v) is 4.01. The molecule has 0 saturated heterocycles. The van der Waals surface area contributed by atoms with E-state index in [2.05, 4.69) is 62.6 Å². The van der Waals surface area contributed by atoms with E-state index < -0.39 is 0 Å². The first-order chi connectivity index (χ1) is 14.3. The summed E-state index contributed by atoms with van der Waals surface area (Å²) in [6, 6.07) is 10.5. The van der Waals surface area contributed by atoms with Crippen molar-refractivity contribution in [1.29, 1.82) is 0 Å². The van der Waals surface area contributed by atoms with E-state index in [1.54, 1.807) is 7.11 Å². The Labute approximate surface area is 183 Å². The highest BCUT2D eigenvalue weighted by Crippen LogP contribution is 2.41. The molecule has 0 amide bonds. The van der Waals surface area contributed by atoms with Crippen molar-refractivity contribution in [2.24, 2.45) is 0 Å². The number of alkyl halides is 2. The third kappa shape index (κ3) is 3.60. The molecule has 3 heterocycles. The van der Waals surface area contributed by atoms with Crippen LogP contribution >= 0.6 is 27.5 Å². The predicted molar refractivity (Wildman–Crippen MR) is 117 cm³/mol. The largest absolute Gasteiger partial charge is 0.493 e. The summed E-state index contributed by atoms with van der Waals surface area (Å²) >= 11 is 8.07. The van der Waals surface area contributed by atoms with Crippen molar-refractivity contribution in [3.05, 3.63) is 42.1 Å². The summed E-state index contributed by atoms with van der Waals surface area (Å²) in [5.41, 5.74) is 3.67. The van der Waals surface area contributed by atoms with Crippen molar-refractivity contribution < 1.29 is 23.5 Å². The second-order valence-electron chi connectivity index (χ2n) is 6.60. The number of hydrogen-bond donors (Lipinski definition) is 0. The molecule has 5 nitrogen and oxygen atoms in total. The zero-order chi connectivity index (χ0) is 20.4. The topological polar surface area (TPSA) is 40.8 Å². The Bertz CT molecular complexity index is 1060. The minimum absolute atomic E-state index is 0.296. The molecule has 0 spiro atoms. The molecule has 0 radical (unpaired) electrons. The maximum atomic E-state index is 5.99. The second kappa shape index (κ2) is 8.67. The molecule has 0 aliphatic carbocycles. The van der Waals surface area contributed by atoms with Crippen LogP contribution in [0.3, 0.4) is 0 Å². The zero-order valence-electron chi connectivity index (χ0n) is 16.3. The monoisotopic (exact) mass is 478 g/mol. The number of fused-ring (bicyclic) bond motifs is 5. The van der Waals surface area contributed by atoms with Crippen molar-refractivity contribution >= 4 is 38.3 Å². The summed E-state index contributed by atoms with van der Waals surface area (Å²) in [5, 5.41) is 2.95. The number of pyridine rings is 1. The maximum absolute atomic E-state index is 5.99. The van der Waals surface area contributed by atoms with Crippen molar-refractivity contribution in [2.75, 3.05) is 32.2 Å². The van der Waals surface area contributed by atoms with E-state index in [1.165, 1.54) is 23.2 Å². The number of halogens is 2. The Balaban J connectivity index is 0.000000994. The number of benzene rings is 2. The van der Waals surface area contributed by atoms with E-state index in [0.29, 0.717) is 13.4 Å². The molecule has 0 fully saturated rings. The van der Waals surface area contributed by atoms with Gasteiger partial charge in [-0.1, -0.05) is 15.9 Å². The van der Waals surface area contributed by atoms with Gasteiger partial charge in [0.15, 0.2) is 35.7 Å². The molecule has 5 rings (SSSR count). The van der Waals surface area contributed by atoms with Gasteiger partial charge in [-0.15, -0.1) is 11.6 Å². The number of ether oxygens (including phenoxy) is 4. The van der Waals surface area contributed by atoms with Gasteiger partial charge >= 0.3 is 0 Å². The lowest BCUT2D eigenvalue weighted by atomic mass is 9.95. The first-order valence-electron chi connectivity index (χ1n) is 9.32. The maximum Gasteiger partial charge on any atom is 0.231 e. The van der Waals surface area contributed by atoms with E-state index in [-0.39, 0.29) is 0 Å². The highest BCUT2D eigenvalue weighted by Gasteiger charge is 2.28. The summed E-state index contributed by atoms with van der Waals surface area (Å²) in [6.07, 6.45) is 4.60. The van der Waals surface area contributed by atoms with Crippen LogP contribution < -0.4 is 23.5 Å². The highest BCUT2D eigenvalue weighted by atomic mass is 79.9. The van der Waals surface area contributed by atoms with Crippen LogP contribution in [0.15, 0.2) is 36.5 Å². The minimum atomic E-state index is 0.296. The number of methoxy groups -OCH3 is 1. The van der Waals surface area contributed by atoms with Gasteiger partial charge in [-0.3, -0.25) is 0 Å². The van der Waals surface area contributed by atoms with Crippen LogP contribution in [0.1, 0.15) is 5.56 Å². The Morgan fingerprint density at radius 3 is 2.69 bits per heavy atom. The SMILES string of the molecule is CCl.COc1ccc2cc3[n+](cc2c1OCCBr)CCc1cc2c(cc1-3)OCO2. The quantitative estimate of drug-likeness (QED) is 0.401. The number of nitrogens with zero attached hydrogens (tertiary/aromatic N) is 1. The van der Waals surface area contributed by atoms with E-state index >= 15 is 0 Å². The summed E-state index contributed by atoms with van der Waals surface area (Å²) in [6.45, 7) is 1.79. The van der Waals surface area contributed by atoms with Crippen LogP contribution in [0.2, 0.25) is 0 Å². The van der Waals surface area contributed by atoms with Crippen LogP contribution in [-0.2, 0) is 13.0 Å². The van der Waals surface area contributed by atoms with E-state index in [9.17, 15) is 0 Å². The smallest absolute Gasteiger partial charge is 0.231 e. The average molecular weight is 480 g/mol. The Morgan fingerprint density at radius 2 is 1.93 bits per heavy atom. The Hall–Kier alpha value is -2.18. The lowest BCUT2D eigenvalue weighted by Crippen LogP contribution is -2.40. The van der Waals surface area contributed by atoms with E-state index in [4.69, 9.17) is 18.9 Å². The van der Waals surface area contributed by atoms with Crippen LogP contribution in [0.4, 0.5) is 0 Å². The molecule has 0 atom stereocenters. The van der Waals surface area contributed by atoms with Gasteiger partial charge < -0.3 is 18.9 Å². The molecule has 2 aliphatic heterocycles. The lowest BCUT2D eigenvalue weighted by molar-refractivity contribution is -0.686. The number of aromatic nitrogens is 1. The van der Waals surface area contributed by atoms with Crippen LogP contribution in [0, 0.1) is 0 Å². The van der Waals surface area contributed by atoms with Crippen molar-refractivity contribution in [1.82, 2.24) is 0 Å². The van der Waals surface area contributed by atoms with Gasteiger partial charge in [0.05, 0.1) is 24.7 Å². The summed E-state index contributed by atoms with van der Waals surface area (Å²) in [7, 11) is 1.67. The van der Waals surface area contributed by atoms with Crippen molar-refractivity contribution in [3.63, 3.8) is 0 Å². The summed E-state index contributed by atoms with van der Waals surface area (Å²) < 4.78 is 24.9. The van der Waals surface area contributed by atoms with E-state index in [1.807, 2.05) is 6.07 Å². The normalized spacial score (nSPS) is 13.2. The van der Waals surface area contributed by atoms with Crippen LogP contribution in [-0.4, -0.2) is 32.2 Å². The highest BCUT2D eigenvalue weighted by molar-refractivity contribution is 9.09. The van der Waals surface area contributed by atoms with Crippen molar-refractivity contribution in [2.45, 2.75) is 13.0 Å². The Morgan fingerprint density at radius 1 is 1.14 bits per heavy atom. The molecule has 0 N–H and O–H groups in total. The molecular formula is C22H22BrClNO4+. The zero-order valence-corrected chi connectivity index (χ0v) is 18.7. The van der Waals surface area contributed by atoms with E-state index in [0.717, 1.165) is 52.1 Å². The number of aryl methyl sites for hydroxylation is 2. The molecular weight excluding hydrogens is 458 g/mol. The van der Waals surface area contributed by atoms with Crippen molar-refractivity contribution in [3.8, 4) is 34.3 Å². The fourth-order valence-electron chi connectivity index (χ4n) is 3.85. The fraction of sp³-hybridized carbons (Fsp3) is 0.318. The van der Waals surface area contributed by atoms with Gasteiger partial charge in [0, 0.05) is 24.2 Å². The molecule has 2 aliphatic rings. The second-order valence-corrected chi connectivity index (χ2v) is 7.39. The predicted octanol–water partition coefficient (Wildman–Crippen LogP) is 4.72. The molecule has 152 valence electrons. The molecule has 3 aromatic rings. The first kappa shape index (κ1) is 20.1. The molecule has 0 bridgehead atoms. The van der Waals surface area contributed by atoms with Crippen LogP contribution in [0.25, 0.3) is 22.0 Å². The summed E-state index contributed by atoms with van der Waals surface area (Å²) in [5.74, 6) is 3.21. The standard InChI is InChI=1S/C21H19BrNO4.CH3Cl/c1-24-18-3-2-13-8-17-15-10-20-19(26-12-27-20)9-14(15)4-6-23(17)11-16(13)21(18)25-7-5-22;1-2/h2-3,8-11H,4-7,12H2,1H3;1H3/q+1;. The number of hydrogen-bond acceptors (Lipinski definition) is 4. The van der Waals surface area contributed by atoms with Gasteiger partial charge in [0.25, 0.3) is 0 Å². The number of rotatable bonds is 4. The van der Waals surface area contributed by atoms with Gasteiger partial charge in [0.1, 0.15) is 0 Å². The molecule has 1 aromatic heterocycles. The molecule has 0 unspecified atom stereocenters. The minimum Gasteiger partial charge on any atom is -0.493 e. The third-order valence-electron chi connectivity index (χ3n) is 5.12. The van der Waals surface area contributed by atoms with Gasteiger partial charge in [-0.05, 0) is 35.2 Å².